The van der Waals surface area contributed by atoms with Gasteiger partial charge in [-0.15, -0.1) is 0 Å². The average molecular weight is 485 g/mol. The monoisotopic (exact) mass is 484 g/mol. The molecule has 5 heterocycles. The predicted molar refractivity (Wildman–Crippen MR) is 132 cm³/mol. The molecule has 1 aliphatic heterocycles. The summed E-state index contributed by atoms with van der Waals surface area (Å²) < 4.78 is 25.1. The van der Waals surface area contributed by atoms with E-state index in [1.54, 1.807) is 39.0 Å². The summed E-state index contributed by atoms with van der Waals surface area (Å²) in [5.74, 6) is 3.13. The van der Waals surface area contributed by atoms with Crippen molar-refractivity contribution in [3.05, 3.63) is 72.1 Å². The van der Waals surface area contributed by atoms with Gasteiger partial charge in [0.15, 0.2) is 23.3 Å². The van der Waals surface area contributed by atoms with E-state index < -0.39 is 0 Å². The zero-order valence-corrected chi connectivity index (χ0v) is 20.1. The number of nitrogens with zero attached hydrogens (tertiary/aromatic N) is 5. The minimum absolute atomic E-state index is 0.301. The van der Waals surface area contributed by atoms with Gasteiger partial charge in [0, 0.05) is 35.8 Å². The van der Waals surface area contributed by atoms with Crippen LogP contribution in [0.25, 0.3) is 22.6 Å². The largest absolute Gasteiger partial charge is 0.493 e. The quantitative estimate of drug-likeness (QED) is 0.384. The number of rotatable bonds is 6. The van der Waals surface area contributed by atoms with Crippen molar-refractivity contribution in [3.8, 4) is 34.5 Å². The first-order valence-electron chi connectivity index (χ1n) is 11.4. The number of aromatic amines is 1. The summed E-state index contributed by atoms with van der Waals surface area (Å²) in [6, 6.07) is 9.61. The Hall–Kier alpha value is -4.60. The maximum atomic E-state index is 6.26. The second-order valence-electron chi connectivity index (χ2n) is 8.51. The van der Waals surface area contributed by atoms with Crippen molar-refractivity contribution in [1.29, 1.82) is 0 Å². The molecule has 36 heavy (non-hydrogen) atoms. The molecule has 1 N–H and O–H groups in total. The van der Waals surface area contributed by atoms with Gasteiger partial charge in [0.2, 0.25) is 11.6 Å². The van der Waals surface area contributed by atoms with Gasteiger partial charge in [-0.3, -0.25) is 0 Å². The van der Waals surface area contributed by atoms with E-state index in [4.69, 9.17) is 18.9 Å². The van der Waals surface area contributed by atoms with E-state index in [2.05, 4.69) is 24.9 Å². The van der Waals surface area contributed by atoms with Crippen molar-refractivity contribution >= 4 is 11.2 Å². The fraction of sp³-hybridized carbons (Fsp3) is 0.231. The molecule has 10 nitrogen and oxygen atoms in total. The predicted octanol–water partition coefficient (Wildman–Crippen LogP) is 4.10. The molecular formula is C26H24N6O4. The van der Waals surface area contributed by atoms with Crippen LogP contribution < -0.4 is 18.9 Å². The third-order valence-corrected chi connectivity index (χ3v) is 6.08. The first-order chi connectivity index (χ1) is 17.6. The molecule has 6 rings (SSSR count). The van der Waals surface area contributed by atoms with Crippen molar-refractivity contribution in [2.75, 3.05) is 20.8 Å². The van der Waals surface area contributed by atoms with E-state index in [1.807, 2.05) is 42.0 Å². The number of ether oxygens (including phenoxy) is 4. The molecule has 0 saturated carbocycles. The number of pyridine rings is 2. The van der Waals surface area contributed by atoms with Crippen LogP contribution >= 0.6 is 0 Å². The van der Waals surface area contributed by atoms with Crippen molar-refractivity contribution in [2.45, 2.75) is 19.6 Å². The van der Waals surface area contributed by atoms with E-state index in [9.17, 15) is 0 Å². The Bertz CT molecular complexity index is 1530. The summed E-state index contributed by atoms with van der Waals surface area (Å²) in [6.07, 6.45) is 6.88. The summed E-state index contributed by atoms with van der Waals surface area (Å²) in [5.41, 5.74) is 5.27. The Morgan fingerprint density at radius 2 is 2.00 bits per heavy atom. The van der Waals surface area contributed by atoms with Crippen molar-refractivity contribution < 1.29 is 18.9 Å². The summed E-state index contributed by atoms with van der Waals surface area (Å²) in [6.45, 7) is 2.85. The highest BCUT2D eigenvalue weighted by Crippen LogP contribution is 2.44. The second-order valence-corrected chi connectivity index (χ2v) is 8.51. The molecule has 1 aromatic carbocycles. The molecule has 0 radical (unpaired) electrons. The average Bonchev–Trinajstić information content (AvgIpc) is 3.53. The van der Waals surface area contributed by atoms with Crippen LogP contribution in [0.5, 0.6) is 23.1 Å². The second kappa shape index (κ2) is 8.88. The van der Waals surface area contributed by atoms with Crippen molar-refractivity contribution in [3.63, 3.8) is 0 Å². The molecule has 0 bridgehead atoms. The lowest BCUT2D eigenvalue weighted by atomic mass is 10.1. The molecule has 1 unspecified atom stereocenters. The summed E-state index contributed by atoms with van der Waals surface area (Å²) in [5, 5.41) is 0. The van der Waals surface area contributed by atoms with Crippen molar-refractivity contribution in [2.24, 2.45) is 0 Å². The number of methoxy groups -OCH3 is 2. The van der Waals surface area contributed by atoms with Gasteiger partial charge in [0.25, 0.3) is 0 Å². The van der Waals surface area contributed by atoms with E-state index >= 15 is 0 Å². The first-order valence-corrected chi connectivity index (χ1v) is 11.4. The number of nitrogens with one attached hydrogen (secondary N) is 1. The Labute approximate surface area is 206 Å². The molecule has 1 aliphatic rings. The number of aryl methyl sites for hydroxylation is 1. The molecule has 182 valence electrons. The zero-order chi connectivity index (χ0) is 24.6. The maximum absolute atomic E-state index is 6.26. The number of aromatic nitrogens is 6. The molecule has 0 amide bonds. The third-order valence-electron chi connectivity index (χ3n) is 6.08. The lowest BCUT2D eigenvalue weighted by Gasteiger charge is -2.28. The first kappa shape index (κ1) is 21.9. The zero-order valence-electron chi connectivity index (χ0n) is 20.1. The topological polar surface area (TPSA) is 109 Å². The van der Waals surface area contributed by atoms with E-state index in [-0.39, 0.29) is 6.10 Å². The minimum atomic E-state index is -0.301. The van der Waals surface area contributed by atoms with Crippen molar-refractivity contribution in [1.82, 2.24) is 29.5 Å². The number of benzene rings is 1. The molecule has 4 aromatic heterocycles. The minimum Gasteiger partial charge on any atom is -0.493 e. The van der Waals surface area contributed by atoms with Gasteiger partial charge in [-0.05, 0) is 36.8 Å². The smallest absolute Gasteiger partial charge is 0.212 e. The van der Waals surface area contributed by atoms with Crippen LogP contribution in [0.3, 0.4) is 0 Å². The Morgan fingerprint density at radius 3 is 2.75 bits per heavy atom. The molecule has 0 aliphatic carbocycles. The number of fused-ring (bicyclic) bond motifs is 2. The summed E-state index contributed by atoms with van der Waals surface area (Å²) in [4.78, 5) is 21.1. The number of imidazole rings is 2. The van der Waals surface area contributed by atoms with Gasteiger partial charge in [-0.2, -0.15) is 0 Å². The Balaban J connectivity index is 1.26. The molecular weight excluding hydrogens is 460 g/mol. The van der Waals surface area contributed by atoms with Crippen LogP contribution in [-0.4, -0.2) is 50.3 Å². The van der Waals surface area contributed by atoms with Crippen LogP contribution in [0.15, 0.2) is 55.2 Å². The summed E-state index contributed by atoms with van der Waals surface area (Å²) >= 11 is 0. The fourth-order valence-electron chi connectivity index (χ4n) is 4.26. The fourth-order valence-corrected chi connectivity index (χ4v) is 4.26. The Morgan fingerprint density at radius 1 is 1.08 bits per heavy atom. The number of hydrogen-bond acceptors (Lipinski definition) is 8. The number of hydrogen-bond donors (Lipinski definition) is 1. The van der Waals surface area contributed by atoms with Gasteiger partial charge in [0.05, 0.1) is 32.8 Å². The molecule has 0 spiro atoms. The van der Waals surface area contributed by atoms with Gasteiger partial charge in [-0.25, -0.2) is 19.9 Å². The molecule has 0 fully saturated rings. The van der Waals surface area contributed by atoms with Crippen LogP contribution in [-0.2, 0) is 6.54 Å². The van der Waals surface area contributed by atoms with Gasteiger partial charge in [-0.1, -0.05) is 0 Å². The third kappa shape index (κ3) is 3.96. The molecule has 10 heteroatoms. The highest BCUT2D eigenvalue weighted by molar-refractivity contribution is 5.76. The normalized spacial score (nSPS) is 14.7. The van der Waals surface area contributed by atoms with Gasteiger partial charge in [0.1, 0.15) is 17.9 Å². The summed E-state index contributed by atoms with van der Waals surface area (Å²) in [7, 11) is 3.20. The molecule has 1 atom stereocenters. The molecule has 5 aromatic rings. The highest BCUT2D eigenvalue weighted by atomic mass is 16.6. The van der Waals surface area contributed by atoms with Crippen LogP contribution in [0, 0.1) is 6.92 Å². The van der Waals surface area contributed by atoms with Crippen LogP contribution in [0.1, 0.15) is 22.9 Å². The number of H-pyrrole nitrogens is 1. The maximum Gasteiger partial charge on any atom is 0.212 e. The van der Waals surface area contributed by atoms with E-state index in [1.165, 1.54) is 0 Å². The van der Waals surface area contributed by atoms with Crippen LogP contribution in [0.2, 0.25) is 0 Å². The lowest BCUT2D eigenvalue weighted by molar-refractivity contribution is 0.0867. The van der Waals surface area contributed by atoms with E-state index in [0.717, 1.165) is 39.4 Å². The molecule has 0 saturated heterocycles. The SMILES string of the molecule is COc1ccc(C2COc3cc(Cn4cnc5cc(-c6nc(C)c[nH]6)cnc54)cc(OC)c3O2)cn1. The highest BCUT2D eigenvalue weighted by Gasteiger charge is 2.27. The van der Waals surface area contributed by atoms with Gasteiger partial charge < -0.3 is 28.5 Å². The van der Waals surface area contributed by atoms with E-state index in [0.29, 0.717) is 36.3 Å². The standard InChI is InChI=1S/C26H24N6O4/c1-15-9-28-25(31-15)18-8-19-26(29-11-18)32(14-30-19)12-16-6-20(33-2)24-21(7-16)35-13-22(36-24)17-4-5-23(34-3)27-10-17/h4-11,14,22H,12-13H2,1-3H3,(H,28,31). The lowest BCUT2D eigenvalue weighted by Crippen LogP contribution is -2.22. The van der Waals surface area contributed by atoms with Crippen LogP contribution in [0.4, 0.5) is 0 Å². The Kier molecular flexibility index (Phi) is 5.40. The van der Waals surface area contributed by atoms with Gasteiger partial charge >= 0.3 is 0 Å².